The number of aliphatic imine (C=N–C) groups is 4. The molecule has 0 radical (unpaired) electrons. The lowest BCUT2D eigenvalue weighted by molar-refractivity contribution is 1.11. The van der Waals surface area contributed by atoms with Crippen molar-refractivity contribution in [2.45, 2.75) is 6.04 Å². The number of hydrogen-bond donors (Lipinski definition) is 2. The standard InChI is InChI=1S/C11H10N6/c12-9-8-10(14-6-13-8)17-11(16-9)15-7-4-2-1-3-5-7/h1-6,8H,(H3,12,13,14,15,16,17). The Morgan fingerprint density at radius 2 is 1.94 bits per heavy atom. The molecule has 0 saturated carbocycles. The molecule has 2 heterocycles. The maximum absolute atomic E-state index is 5.80. The van der Waals surface area contributed by atoms with Gasteiger partial charge in [-0.3, -0.25) is 4.99 Å². The minimum Gasteiger partial charge on any atom is -0.385 e. The van der Waals surface area contributed by atoms with Crippen LogP contribution < -0.4 is 11.1 Å². The van der Waals surface area contributed by atoms with Gasteiger partial charge in [0.05, 0.1) is 0 Å². The highest BCUT2D eigenvalue weighted by Gasteiger charge is 2.26. The van der Waals surface area contributed by atoms with E-state index in [0.717, 1.165) is 5.69 Å². The van der Waals surface area contributed by atoms with Crippen molar-refractivity contribution in [1.82, 2.24) is 0 Å². The lowest BCUT2D eigenvalue weighted by Gasteiger charge is -2.15. The number of para-hydroxylation sites is 1. The number of guanidine groups is 1. The molecule has 6 nitrogen and oxygen atoms in total. The zero-order chi connectivity index (χ0) is 11.7. The quantitative estimate of drug-likeness (QED) is 0.735. The monoisotopic (exact) mass is 226 g/mol. The first-order chi connectivity index (χ1) is 8.33. The predicted octanol–water partition coefficient (Wildman–Crippen LogP) is 0.634. The maximum Gasteiger partial charge on any atom is 0.230 e. The molecule has 0 fully saturated rings. The van der Waals surface area contributed by atoms with Crippen molar-refractivity contribution in [2.24, 2.45) is 25.7 Å². The summed E-state index contributed by atoms with van der Waals surface area (Å²) >= 11 is 0. The van der Waals surface area contributed by atoms with Crippen LogP contribution in [0, 0.1) is 0 Å². The number of benzene rings is 1. The highest BCUT2D eigenvalue weighted by molar-refractivity contribution is 6.23. The fourth-order valence-corrected chi connectivity index (χ4v) is 1.62. The smallest absolute Gasteiger partial charge is 0.230 e. The molecule has 1 aromatic rings. The predicted molar refractivity (Wildman–Crippen MR) is 68.8 cm³/mol. The van der Waals surface area contributed by atoms with Crippen LogP contribution in [0.25, 0.3) is 0 Å². The van der Waals surface area contributed by atoms with E-state index in [-0.39, 0.29) is 6.04 Å². The average molecular weight is 226 g/mol. The molecule has 1 atom stereocenters. The van der Waals surface area contributed by atoms with Gasteiger partial charge in [0.2, 0.25) is 5.96 Å². The molecule has 0 spiro atoms. The Morgan fingerprint density at radius 1 is 1.12 bits per heavy atom. The van der Waals surface area contributed by atoms with Gasteiger partial charge in [-0.05, 0) is 12.1 Å². The second kappa shape index (κ2) is 3.82. The molecule has 0 saturated heterocycles. The molecule has 1 aromatic carbocycles. The van der Waals surface area contributed by atoms with Crippen molar-refractivity contribution in [1.29, 1.82) is 0 Å². The Kier molecular flexibility index (Phi) is 2.18. The number of fused-ring (bicyclic) bond motifs is 1. The Labute approximate surface area is 97.7 Å². The molecule has 84 valence electrons. The highest BCUT2D eigenvalue weighted by atomic mass is 15.2. The zero-order valence-electron chi connectivity index (χ0n) is 8.91. The van der Waals surface area contributed by atoms with Gasteiger partial charge in [-0.1, -0.05) is 18.2 Å². The van der Waals surface area contributed by atoms with Crippen LogP contribution in [0.15, 0.2) is 50.3 Å². The van der Waals surface area contributed by atoms with E-state index in [1.165, 1.54) is 6.34 Å². The topological polar surface area (TPSA) is 87.5 Å². The molecule has 0 aromatic heterocycles. The summed E-state index contributed by atoms with van der Waals surface area (Å²) in [6.07, 6.45) is 1.46. The molecule has 3 rings (SSSR count). The Balaban J connectivity index is 1.86. The Morgan fingerprint density at radius 3 is 2.76 bits per heavy atom. The van der Waals surface area contributed by atoms with E-state index in [1.807, 2.05) is 30.3 Å². The number of nitrogens with one attached hydrogen (secondary N) is 1. The molecule has 0 amide bonds. The molecule has 2 aliphatic heterocycles. The van der Waals surface area contributed by atoms with Gasteiger partial charge < -0.3 is 11.1 Å². The van der Waals surface area contributed by atoms with Crippen molar-refractivity contribution < 1.29 is 0 Å². The third-order valence-electron chi connectivity index (χ3n) is 2.42. The lowest BCUT2D eigenvalue weighted by atomic mass is 10.2. The molecule has 0 bridgehead atoms. The van der Waals surface area contributed by atoms with Gasteiger partial charge in [-0.15, -0.1) is 0 Å². The average Bonchev–Trinajstić information content (AvgIpc) is 2.79. The Hall–Kier alpha value is -2.50. The fourth-order valence-electron chi connectivity index (χ4n) is 1.62. The van der Waals surface area contributed by atoms with E-state index in [2.05, 4.69) is 25.3 Å². The van der Waals surface area contributed by atoms with Gasteiger partial charge in [0.15, 0.2) is 11.9 Å². The van der Waals surface area contributed by atoms with E-state index in [4.69, 9.17) is 5.73 Å². The SMILES string of the molecule is NC1=NC(Nc2ccccc2)=NC2=NC=NC12. The van der Waals surface area contributed by atoms with Crippen LogP contribution in [0.5, 0.6) is 0 Å². The summed E-state index contributed by atoms with van der Waals surface area (Å²) in [6, 6.07) is 9.34. The third-order valence-corrected chi connectivity index (χ3v) is 2.42. The van der Waals surface area contributed by atoms with Crippen molar-refractivity contribution in [3.05, 3.63) is 30.3 Å². The van der Waals surface area contributed by atoms with Gasteiger partial charge in [0.1, 0.15) is 12.2 Å². The van der Waals surface area contributed by atoms with Crippen molar-refractivity contribution in [2.75, 3.05) is 5.32 Å². The van der Waals surface area contributed by atoms with E-state index in [9.17, 15) is 0 Å². The number of hydrogen-bond acceptors (Lipinski definition) is 6. The van der Waals surface area contributed by atoms with Crippen LogP contribution in [-0.2, 0) is 0 Å². The summed E-state index contributed by atoms with van der Waals surface area (Å²) < 4.78 is 0. The number of nitrogens with zero attached hydrogens (tertiary/aromatic N) is 4. The van der Waals surface area contributed by atoms with Gasteiger partial charge in [-0.25, -0.2) is 4.99 Å². The first kappa shape index (κ1) is 9.71. The molecule has 0 aliphatic carbocycles. The van der Waals surface area contributed by atoms with Crippen LogP contribution in [0.3, 0.4) is 0 Å². The van der Waals surface area contributed by atoms with E-state index >= 15 is 0 Å². The van der Waals surface area contributed by atoms with E-state index < -0.39 is 0 Å². The molecular weight excluding hydrogens is 216 g/mol. The molecule has 3 N–H and O–H groups in total. The maximum atomic E-state index is 5.80. The van der Waals surface area contributed by atoms with Crippen molar-refractivity contribution in [3.8, 4) is 0 Å². The van der Waals surface area contributed by atoms with Gasteiger partial charge in [0.25, 0.3) is 0 Å². The summed E-state index contributed by atoms with van der Waals surface area (Å²) in [7, 11) is 0. The molecule has 17 heavy (non-hydrogen) atoms. The summed E-state index contributed by atoms with van der Waals surface area (Å²) in [5.74, 6) is 1.43. The van der Waals surface area contributed by atoms with Crippen LogP contribution in [0.2, 0.25) is 0 Å². The summed E-state index contributed by atoms with van der Waals surface area (Å²) in [6.45, 7) is 0. The second-order valence-corrected chi connectivity index (χ2v) is 3.62. The largest absolute Gasteiger partial charge is 0.385 e. The number of anilines is 1. The highest BCUT2D eigenvalue weighted by Crippen LogP contribution is 2.11. The first-order valence-electron chi connectivity index (χ1n) is 5.17. The van der Waals surface area contributed by atoms with Gasteiger partial charge >= 0.3 is 0 Å². The normalized spacial score (nSPS) is 21.4. The van der Waals surface area contributed by atoms with Crippen LogP contribution in [0.4, 0.5) is 5.69 Å². The van der Waals surface area contributed by atoms with Gasteiger partial charge in [-0.2, -0.15) is 9.98 Å². The number of amidine groups is 2. The van der Waals surface area contributed by atoms with Crippen LogP contribution >= 0.6 is 0 Å². The fraction of sp³-hybridized carbons (Fsp3) is 0.0909. The molecular formula is C11H10N6. The third kappa shape index (κ3) is 1.80. The zero-order valence-corrected chi connectivity index (χ0v) is 8.91. The summed E-state index contributed by atoms with van der Waals surface area (Å²) in [4.78, 5) is 16.5. The van der Waals surface area contributed by atoms with Crippen molar-refractivity contribution >= 4 is 29.7 Å². The lowest BCUT2D eigenvalue weighted by Crippen LogP contribution is -2.37. The first-order valence-corrected chi connectivity index (χ1v) is 5.17. The molecule has 1 unspecified atom stereocenters. The van der Waals surface area contributed by atoms with E-state index in [0.29, 0.717) is 17.6 Å². The Bertz CT molecular complexity index is 555. The van der Waals surface area contributed by atoms with E-state index in [1.54, 1.807) is 0 Å². The number of rotatable bonds is 1. The minimum atomic E-state index is -0.309. The van der Waals surface area contributed by atoms with Crippen molar-refractivity contribution in [3.63, 3.8) is 0 Å². The van der Waals surface area contributed by atoms with Gasteiger partial charge in [0, 0.05) is 5.69 Å². The van der Waals surface area contributed by atoms with Crippen LogP contribution in [0.1, 0.15) is 0 Å². The molecule has 2 aliphatic rings. The summed E-state index contributed by atoms with van der Waals surface area (Å²) in [5, 5.41) is 3.07. The minimum absolute atomic E-state index is 0.309. The second-order valence-electron chi connectivity index (χ2n) is 3.62. The summed E-state index contributed by atoms with van der Waals surface area (Å²) in [5.41, 5.74) is 6.70. The van der Waals surface area contributed by atoms with Crippen LogP contribution in [-0.4, -0.2) is 30.0 Å². The number of nitrogens with two attached hydrogens (primary N) is 1. The molecule has 6 heteroatoms.